The fourth-order valence-electron chi connectivity index (χ4n) is 3.31. The number of aryl methyl sites for hydroxylation is 1. The molecule has 0 radical (unpaired) electrons. The summed E-state index contributed by atoms with van der Waals surface area (Å²) >= 11 is 0. The molecular weight excluding hydrogens is 301 g/mol. The summed E-state index contributed by atoms with van der Waals surface area (Å²) in [5.74, 6) is -0.353. The second-order valence-electron chi connectivity index (χ2n) is 7.02. The molecule has 3 aromatic rings. The van der Waals surface area contributed by atoms with Gasteiger partial charge in [0.2, 0.25) is 0 Å². The van der Waals surface area contributed by atoms with Gasteiger partial charge in [-0.1, -0.05) is 35.9 Å². The van der Waals surface area contributed by atoms with E-state index in [2.05, 4.69) is 49.2 Å². The van der Waals surface area contributed by atoms with E-state index in [-0.39, 0.29) is 11.4 Å². The Morgan fingerprint density at radius 3 is 2.71 bits per heavy atom. The number of nitrogens with zero attached hydrogens (tertiary/aromatic N) is 3. The monoisotopic (exact) mass is 319 g/mol. The van der Waals surface area contributed by atoms with Crippen LogP contribution in [0.15, 0.2) is 47.5 Å². The van der Waals surface area contributed by atoms with Crippen molar-refractivity contribution < 1.29 is 4.39 Å². The molecule has 3 nitrogen and oxygen atoms in total. The van der Waals surface area contributed by atoms with Crippen molar-refractivity contribution in [2.24, 2.45) is 4.99 Å². The van der Waals surface area contributed by atoms with Crippen molar-refractivity contribution in [3.8, 4) is 0 Å². The Morgan fingerprint density at radius 1 is 1.04 bits per heavy atom. The van der Waals surface area contributed by atoms with Gasteiger partial charge in [0, 0.05) is 10.9 Å². The van der Waals surface area contributed by atoms with E-state index >= 15 is 0 Å². The van der Waals surface area contributed by atoms with Crippen LogP contribution in [0.4, 0.5) is 4.39 Å². The van der Waals surface area contributed by atoms with Crippen molar-refractivity contribution in [1.82, 2.24) is 10.2 Å². The third kappa shape index (κ3) is 2.48. The van der Waals surface area contributed by atoms with Gasteiger partial charge in [-0.3, -0.25) is 4.99 Å². The first-order chi connectivity index (χ1) is 11.4. The Kier molecular flexibility index (Phi) is 3.23. The van der Waals surface area contributed by atoms with E-state index in [1.165, 1.54) is 17.2 Å². The van der Waals surface area contributed by atoms with Gasteiger partial charge in [-0.15, -0.1) is 10.2 Å². The second kappa shape index (κ2) is 5.20. The number of benzene rings is 2. The summed E-state index contributed by atoms with van der Waals surface area (Å²) in [6.45, 7) is 6.33. The Morgan fingerprint density at radius 2 is 1.88 bits per heavy atom. The lowest BCUT2D eigenvalue weighted by molar-refractivity contribution is 0.513. The third-order valence-corrected chi connectivity index (χ3v) is 4.36. The Bertz CT molecular complexity index is 989. The number of aromatic nitrogens is 2. The molecule has 4 heteroatoms. The summed E-state index contributed by atoms with van der Waals surface area (Å²) in [4.78, 5) is 4.91. The molecule has 1 aliphatic heterocycles. The minimum Gasteiger partial charge on any atom is -0.276 e. The lowest BCUT2D eigenvalue weighted by atomic mass is 9.85. The molecule has 0 atom stereocenters. The summed E-state index contributed by atoms with van der Waals surface area (Å²) in [7, 11) is 0. The van der Waals surface area contributed by atoms with Crippen molar-refractivity contribution in [1.29, 1.82) is 0 Å². The van der Waals surface area contributed by atoms with Crippen LogP contribution in [0.2, 0.25) is 0 Å². The molecule has 2 heterocycles. The number of fused-ring (bicyclic) bond motifs is 2. The number of halogens is 1. The topological polar surface area (TPSA) is 38.1 Å². The Hall–Kier alpha value is -2.62. The largest absolute Gasteiger partial charge is 0.276 e. The van der Waals surface area contributed by atoms with Gasteiger partial charge in [0.25, 0.3) is 0 Å². The van der Waals surface area contributed by atoms with Crippen LogP contribution in [0, 0.1) is 12.7 Å². The van der Waals surface area contributed by atoms with Crippen molar-refractivity contribution in [3.63, 3.8) is 0 Å². The van der Waals surface area contributed by atoms with E-state index in [0.29, 0.717) is 11.2 Å². The van der Waals surface area contributed by atoms with Crippen LogP contribution in [0.5, 0.6) is 0 Å². The van der Waals surface area contributed by atoms with Crippen molar-refractivity contribution in [2.75, 3.05) is 0 Å². The third-order valence-electron chi connectivity index (χ3n) is 4.36. The predicted octanol–water partition coefficient (Wildman–Crippen LogP) is 4.25. The summed E-state index contributed by atoms with van der Waals surface area (Å²) in [5, 5.41) is 9.08. The number of hydrogen-bond donors (Lipinski definition) is 0. The molecule has 0 saturated heterocycles. The SMILES string of the molecule is Cc1ccc2c(c1)CC(C)(C)N=C2c1cc2cccc(F)c2nn1. The van der Waals surface area contributed by atoms with Crippen LogP contribution in [0.25, 0.3) is 10.9 Å². The first-order valence-electron chi connectivity index (χ1n) is 8.05. The standard InChI is InChI=1S/C20H18FN3/c1-12-7-8-15-14(9-12)11-20(2,3)22-19(15)17-10-13-5-4-6-16(21)18(13)24-23-17/h4-10H,11H2,1-3H3. The van der Waals surface area contributed by atoms with E-state index in [0.717, 1.165) is 23.1 Å². The zero-order chi connectivity index (χ0) is 16.9. The smallest absolute Gasteiger partial charge is 0.151 e. The molecule has 1 aromatic heterocycles. The summed E-state index contributed by atoms with van der Waals surface area (Å²) in [5.41, 5.74) is 5.20. The summed E-state index contributed by atoms with van der Waals surface area (Å²) < 4.78 is 13.8. The molecule has 4 rings (SSSR count). The molecule has 0 saturated carbocycles. The van der Waals surface area contributed by atoms with Gasteiger partial charge < -0.3 is 0 Å². The van der Waals surface area contributed by atoms with Gasteiger partial charge in [0.1, 0.15) is 11.2 Å². The van der Waals surface area contributed by atoms with E-state index in [4.69, 9.17) is 4.99 Å². The molecule has 0 N–H and O–H groups in total. The Balaban J connectivity index is 1.93. The zero-order valence-corrected chi connectivity index (χ0v) is 14.0. The Labute approximate surface area is 140 Å². The highest BCUT2D eigenvalue weighted by Crippen LogP contribution is 2.30. The molecule has 1 aliphatic rings. The lowest BCUT2D eigenvalue weighted by Crippen LogP contribution is -2.30. The molecule has 24 heavy (non-hydrogen) atoms. The fourth-order valence-corrected chi connectivity index (χ4v) is 3.31. The molecular formula is C20H18FN3. The molecule has 0 amide bonds. The van der Waals surface area contributed by atoms with Crippen LogP contribution in [-0.4, -0.2) is 21.4 Å². The molecule has 2 aromatic carbocycles. The number of rotatable bonds is 1. The van der Waals surface area contributed by atoms with Gasteiger partial charge in [-0.05, 0) is 44.9 Å². The normalized spacial score (nSPS) is 15.9. The van der Waals surface area contributed by atoms with Gasteiger partial charge in [-0.2, -0.15) is 0 Å². The van der Waals surface area contributed by atoms with Crippen LogP contribution in [0.3, 0.4) is 0 Å². The van der Waals surface area contributed by atoms with Crippen LogP contribution in [-0.2, 0) is 6.42 Å². The first-order valence-corrected chi connectivity index (χ1v) is 8.05. The minimum atomic E-state index is -0.353. The highest BCUT2D eigenvalue weighted by molar-refractivity contribution is 6.14. The van der Waals surface area contributed by atoms with Crippen LogP contribution >= 0.6 is 0 Å². The highest BCUT2D eigenvalue weighted by atomic mass is 19.1. The van der Waals surface area contributed by atoms with Crippen molar-refractivity contribution in [2.45, 2.75) is 32.7 Å². The number of aliphatic imine (C=N–C) groups is 1. The van der Waals surface area contributed by atoms with Gasteiger partial charge in [0.15, 0.2) is 5.82 Å². The molecule has 0 unspecified atom stereocenters. The maximum Gasteiger partial charge on any atom is 0.151 e. The van der Waals surface area contributed by atoms with Crippen LogP contribution in [0.1, 0.15) is 36.2 Å². The second-order valence-corrected chi connectivity index (χ2v) is 7.02. The van der Waals surface area contributed by atoms with Crippen molar-refractivity contribution >= 4 is 16.6 Å². The van der Waals surface area contributed by atoms with Crippen molar-refractivity contribution in [3.05, 3.63) is 70.7 Å². The molecule has 120 valence electrons. The van der Waals surface area contributed by atoms with E-state index in [9.17, 15) is 4.39 Å². The summed E-state index contributed by atoms with van der Waals surface area (Å²) in [6.07, 6.45) is 0.892. The maximum atomic E-state index is 13.8. The quantitative estimate of drug-likeness (QED) is 0.672. The highest BCUT2D eigenvalue weighted by Gasteiger charge is 2.28. The van der Waals surface area contributed by atoms with Gasteiger partial charge >= 0.3 is 0 Å². The average molecular weight is 319 g/mol. The van der Waals surface area contributed by atoms with Gasteiger partial charge in [-0.25, -0.2) is 4.39 Å². The van der Waals surface area contributed by atoms with E-state index in [1.807, 2.05) is 12.1 Å². The molecule has 0 spiro atoms. The molecule has 0 fully saturated rings. The lowest BCUT2D eigenvalue weighted by Gasteiger charge is -2.29. The minimum absolute atomic E-state index is 0.200. The van der Waals surface area contributed by atoms with Gasteiger partial charge in [0.05, 0.1) is 11.3 Å². The van der Waals surface area contributed by atoms with E-state index < -0.39 is 0 Å². The summed E-state index contributed by atoms with van der Waals surface area (Å²) in [6, 6.07) is 13.2. The van der Waals surface area contributed by atoms with Crippen LogP contribution < -0.4 is 0 Å². The first kappa shape index (κ1) is 14.9. The van der Waals surface area contributed by atoms with E-state index in [1.54, 1.807) is 6.07 Å². The average Bonchev–Trinajstić information content (AvgIpc) is 2.52. The predicted molar refractivity (Wildman–Crippen MR) is 94.1 cm³/mol. The molecule has 0 aliphatic carbocycles. The zero-order valence-electron chi connectivity index (χ0n) is 14.0. The fraction of sp³-hybridized carbons (Fsp3) is 0.250. The maximum absolute atomic E-state index is 13.8. The molecule has 0 bridgehead atoms. The number of hydrogen-bond acceptors (Lipinski definition) is 3.